The van der Waals surface area contributed by atoms with Gasteiger partial charge >= 0.3 is 0 Å². The van der Waals surface area contributed by atoms with Crippen molar-refractivity contribution >= 4 is 37.5 Å². The SMILES string of the molecule is CN(C)S(=O)(=O)c1ccc(C(=O)N2CCC(n3nnc4ccsc4c3=O)CC2)cc1. The van der Waals surface area contributed by atoms with Crippen LogP contribution in [0.15, 0.2) is 45.4 Å². The van der Waals surface area contributed by atoms with E-state index in [0.29, 0.717) is 41.7 Å². The Balaban J connectivity index is 1.45. The van der Waals surface area contributed by atoms with Gasteiger partial charge in [-0.15, -0.1) is 16.4 Å². The molecule has 3 heterocycles. The van der Waals surface area contributed by atoms with Crippen molar-refractivity contribution in [2.45, 2.75) is 23.8 Å². The summed E-state index contributed by atoms with van der Waals surface area (Å²) in [5.41, 5.74) is 0.897. The van der Waals surface area contributed by atoms with Gasteiger partial charge in [0.05, 0.1) is 10.9 Å². The molecule has 0 unspecified atom stereocenters. The summed E-state index contributed by atoms with van der Waals surface area (Å²) in [6.45, 7) is 0.968. The molecule has 3 aromatic rings. The first kappa shape index (κ1) is 20.6. The molecule has 11 heteroatoms. The van der Waals surface area contributed by atoms with Gasteiger partial charge in [0.15, 0.2) is 0 Å². The highest BCUT2D eigenvalue weighted by Crippen LogP contribution is 2.23. The minimum Gasteiger partial charge on any atom is -0.338 e. The van der Waals surface area contributed by atoms with E-state index in [1.54, 1.807) is 11.0 Å². The Kier molecular flexibility index (Phi) is 5.43. The third kappa shape index (κ3) is 3.64. The molecular formula is C19H21N5O4S2. The number of fused-ring (bicyclic) bond motifs is 1. The number of benzene rings is 1. The number of sulfonamides is 1. The summed E-state index contributed by atoms with van der Waals surface area (Å²) in [4.78, 5) is 27.3. The molecule has 9 nitrogen and oxygen atoms in total. The van der Waals surface area contributed by atoms with Gasteiger partial charge in [-0.2, -0.15) is 0 Å². The van der Waals surface area contributed by atoms with Crippen molar-refractivity contribution in [2.75, 3.05) is 27.2 Å². The second-order valence-corrected chi connectivity index (χ2v) is 10.4. The largest absolute Gasteiger partial charge is 0.338 e. The Hall–Kier alpha value is -2.63. The highest BCUT2D eigenvalue weighted by atomic mass is 32.2. The van der Waals surface area contributed by atoms with Gasteiger partial charge in [-0.25, -0.2) is 17.4 Å². The lowest BCUT2D eigenvalue weighted by Gasteiger charge is -2.32. The molecule has 1 fully saturated rings. The zero-order valence-corrected chi connectivity index (χ0v) is 18.2. The van der Waals surface area contributed by atoms with E-state index in [4.69, 9.17) is 0 Å². The number of amides is 1. The number of thiophene rings is 1. The van der Waals surface area contributed by atoms with Gasteiger partial charge in [-0.3, -0.25) is 9.59 Å². The van der Waals surface area contributed by atoms with Crippen LogP contribution in [-0.4, -0.2) is 65.7 Å². The van der Waals surface area contributed by atoms with E-state index in [1.165, 1.54) is 54.4 Å². The molecule has 4 rings (SSSR count). The van der Waals surface area contributed by atoms with E-state index in [-0.39, 0.29) is 22.4 Å². The smallest absolute Gasteiger partial charge is 0.287 e. The van der Waals surface area contributed by atoms with Crippen LogP contribution >= 0.6 is 11.3 Å². The molecule has 1 amide bonds. The number of hydrogen-bond donors (Lipinski definition) is 0. The fourth-order valence-electron chi connectivity index (χ4n) is 3.50. The first-order chi connectivity index (χ1) is 14.3. The molecular weight excluding hydrogens is 426 g/mol. The van der Waals surface area contributed by atoms with Crippen LogP contribution in [0.1, 0.15) is 29.2 Å². The second-order valence-electron chi connectivity index (χ2n) is 7.31. The maximum atomic E-state index is 12.8. The van der Waals surface area contributed by atoms with E-state index >= 15 is 0 Å². The topological polar surface area (TPSA) is 105 Å². The van der Waals surface area contributed by atoms with Crippen LogP contribution in [-0.2, 0) is 10.0 Å². The average Bonchev–Trinajstić information content (AvgIpc) is 3.23. The second kappa shape index (κ2) is 7.89. The van der Waals surface area contributed by atoms with Crippen molar-refractivity contribution in [1.29, 1.82) is 0 Å². The monoisotopic (exact) mass is 447 g/mol. The van der Waals surface area contributed by atoms with Gasteiger partial charge in [0.2, 0.25) is 10.0 Å². The lowest BCUT2D eigenvalue weighted by Crippen LogP contribution is -2.41. The maximum Gasteiger partial charge on any atom is 0.287 e. The van der Waals surface area contributed by atoms with E-state index in [2.05, 4.69) is 10.3 Å². The summed E-state index contributed by atoms with van der Waals surface area (Å²) in [6.07, 6.45) is 1.20. The number of rotatable bonds is 4. The van der Waals surface area contributed by atoms with Crippen molar-refractivity contribution in [1.82, 2.24) is 24.2 Å². The van der Waals surface area contributed by atoms with Crippen LogP contribution < -0.4 is 5.56 Å². The van der Waals surface area contributed by atoms with E-state index in [9.17, 15) is 18.0 Å². The molecule has 1 aliphatic rings. The summed E-state index contributed by atoms with van der Waals surface area (Å²) in [6, 6.07) is 7.63. The molecule has 0 bridgehead atoms. The summed E-state index contributed by atoms with van der Waals surface area (Å²) < 4.78 is 27.5. The van der Waals surface area contributed by atoms with Crippen molar-refractivity contribution in [3.63, 3.8) is 0 Å². The van der Waals surface area contributed by atoms with Gasteiger partial charge in [-0.1, -0.05) is 5.21 Å². The van der Waals surface area contributed by atoms with Crippen LogP contribution in [0, 0.1) is 0 Å². The van der Waals surface area contributed by atoms with Crippen LogP contribution in [0.25, 0.3) is 10.2 Å². The fraction of sp³-hybridized carbons (Fsp3) is 0.368. The van der Waals surface area contributed by atoms with Gasteiger partial charge in [0.1, 0.15) is 10.2 Å². The molecule has 1 aromatic carbocycles. The third-order valence-electron chi connectivity index (χ3n) is 5.27. The molecule has 30 heavy (non-hydrogen) atoms. The quantitative estimate of drug-likeness (QED) is 0.601. The molecule has 2 aromatic heterocycles. The Morgan fingerprint density at radius 1 is 1.13 bits per heavy atom. The Morgan fingerprint density at radius 3 is 2.43 bits per heavy atom. The number of aromatic nitrogens is 3. The first-order valence-corrected chi connectivity index (χ1v) is 11.8. The first-order valence-electron chi connectivity index (χ1n) is 9.43. The summed E-state index contributed by atoms with van der Waals surface area (Å²) in [5, 5.41) is 10.0. The number of piperidine rings is 1. The Morgan fingerprint density at radius 2 is 1.80 bits per heavy atom. The average molecular weight is 448 g/mol. The van der Waals surface area contributed by atoms with E-state index in [0.717, 1.165) is 4.31 Å². The van der Waals surface area contributed by atoms with Crippen LogP contribution in [0.4, 0.5) is 0 Å². The third-order valence-corrected chi connectivity index (χ3v) is 7.99. The van der Waals surface area contributed by atoms with Crippen LogP contribution in [0.5, 0.6) is 0 Å². The van der Waals surface area contributed by atoms with Gasteiger partial charge in [0.25, 0.3) is 11.5 Å². The number of carbonyl (C=O) groups excluding carboxylic acids is 1. The zero-order valence-electron chi connectivity index (χ0n) is 16.6. The normalized spacial score (nSPS) is 15.8. The molecule has 0 saturated carbocycles. The molecule has 0 N–H and O–H groups in total. The van der Waals surface area contributed by atoms with Crippen molar-refractivity contribution in [3.05, 3.63) is 51.6 Å². The predicted octanol–water partition coefficient (Wildman–Crippen LogP) is 1.58. The predicted molar refractivity (Wildman–Crippen MR) is 113 cm³/mol. The molecule has 1 aliphatic heterocycles. The van der Waals surface area contributed by atoms with E-state index < -0.39 is 10.0 Å². The van der Waals surface area contributed by atoms with Crippen molar-refractivity contribution in [2.24, 2.45) is 0 Å². The van der Waals surface area contributed by atoms with Gasteiger partial charge < -0.3 is 4.90 Å². The van der Waals surface area contributed by atoms with Crippen molar-refractivity contribution < 1.29 is 13.2 Å². The lowest BCUT2D eigenvalue weighted by molar-refractivity contribution is 0.0687. The van der Waals surface area contributed by atoms with E-state index in [1.807, 2.05) is 5.38 Å². The molecule has 0 atom stereocenters. The van der Waals surface area contributed by atoms with Crippen LogP contribution in [0.3, 0.4) is 0 Å². The highest BCUT2D eigenvalue weighted by Gasteiger charge is 2.27. The summed E-state index contributed by atoms with van der Waals surface area (Å²) >= 11 is 1.35. The van der Waals surface area contributed by atoms with Gasteiger partial charge in [0, 0.05) is 32.7 Å². The number of hydrogen-bond acceptors (Lipinski definition) is 7. The number of carbonyl (C=O) groups is 1. The molecule has 0 radical (unpaired) electrons. The summed E-state index contributed by atoms with van der Waals surface area (Å²) in [7, 11) is -0.608. The number of likely N-dealkylation sites (tertiary alicyclic amines) is 1. The summed E-state index contributed by atoms with van der Waals surface area (Å²) in [5.74, 6) is -0.158. The molecule has 0 spiro atoms. The minimum absolute atomic E-state index is 0.104. The molecule has 0 aliphatic carbocycles. The zero-order chi connectivity index (χ0) is 21.5. The Bertz CT molecular complexity index is 1240. The molecule has 1 saturated heterocycles. The highest BCUT2D eigenvalue weighted by molar-refractivity contribution is 7.89. The standard InChI is InChI=1S/C19H21N5O4S2/c1-22(2)30(27,28)15-5-3-13(4-6-15)18(25)23-10-7-14(8-11-23)24-19(26)17-16(20-21-24)9-12-29-17/h3-6,9,12,14H,7-8,10-11H2,1-2H3. The minimum atomic E-state index is -3.53. The van der Waals surface area contributed by atoms with Crippen LogP contribution in [0.2, 0.25) is 0 Å². The Labute approximate surface area is 177 Å². The number of nitrogens with zero attached hydrogens (tertiary/aromatic N) is 5. The van der Waals surface area contributed by atoms with Gasteiger partial charge in [-0.05, 0) is 48.6 Å². The maximum absolute atomic E-state index is 12.8. The lowest BCUT2D eigenvalue weighted by atomic mass is 10.0. The van der Waals surface area contributed by atoms with Crippen molar-refractivity contribution in [3.8, 4) is 0 Å². The molecule has 158 valence electrons. The fourth-order valence-corrected chi connectivity index (χ4v) is 5.16.